The van der Waals surface area contributed by atoms with Gasteiger partial charge in [0.2, 0.25) is 17.7 Å². The van der Waals surface area contributed by atoms with Crippen LogP contribution in [-0.2, 0) is 57.0 Å². The number of carbonyl (C=O) groups excluding carboxylic acids is 3. The Morgan fingerprint density at radius 3 is 0.912 bits per heavy atom. The Bertz CT molecular complexity index is 1260. The summed E-state index contributed by atoms with van der Waals surface area (Å²) in [4.78, 5) is 35.1. The zero-order valence-corrected chi connectivity index (χ0v) is 39.9. The molecular formula is C44H81N3O21. The molecule has 0 aromatic rings. The molecule has 3 aliphatic heterocycles. The van der Waals surface area contributed by atoms with Crippen molar-refractivity contribution in [1.29, 1.82) is 0 Å². The third-order valence-corrected chi connectivity index (χ3v) is 11.7. The Hall–Kier alpha value is -2.31. The molecule has 0 bridgehead atoms. The zero-order chi connectivity index (χ0) is 50.2. The van der Waals surface area contributed by atoms with Crippen molar-refractivity contribution in [2.75, 3.05) is 79.3 Å². The van der Waals surface area contributed by atoms with Gasteiger partial charge in [0.25, 0.3) is 0 Å². The van der Waals surface area contributed by atoms with Gasteiger partial charge >= 0.3 is 0 Å². The molecule has 3 rings (SSSR count). The molecule has 0 radical (unpaired) electrons. The molecule has 3 aliphatic rings. The van der Waals surface area contributed by atoms with Gasteiger partial charge in [-0.15, -0.1) is 0 Å². The molecule has 0 aliphatic carbocycles. The Morgan fingerprint density at radius 1 is 0.426 bits per heavy atom. The van der Waals surface area contributed by atoms with Gasteiger partial charge in [0.05, 0.1) is 39.6 Å². The maximum absolute atomic E-state index is 11.7. The highest BCUT2D eigenvalue weighted by Gasteiger charge is 2.47. The molecule has 24 nitrogen and oxygen atoms in total. The van der Waals surface area contributed by atoms with Gasteiger partial charge in [0.1, 0.15) is 73.1 Å². The highest BCUT2D eigenvalue weighted by Crippen LogP contribution is 2.26. The molecule has 3 amide bonds. The summed E-state index contributed by atoms with van der Waals surface area (Å²) in [6.45, 7) is 7.20. The highest BCUT2D eigenvalue weighted by atomic mass is 16.7. The fourth-order valence-corrected chi connectivity index (χ4v) is 7.97. The minimum atomic E-state index is -1.40. The maximum Gasteiger partial charge on any atom is 0.217 e. The van der Waals surface area contributed by atoms with E-state index >= 15 is 0 Å². The van der Waals surface area contributed by atoms with Gasteiger partial charge in [-0.3, -0.25) is 14.4 Å². The van der Waals surface area contributed by atoms with E-state index in [1.807, 2.05) is 6.92 Å². The number of carbonyl (C=O) groups is 3. The molecule has 3 saturated heterocycles. The van der Waals surface area contributed by atoms with Crippen LogP contribution in [0.2, 0.25) is 0 Å². The second kappa shape index (κ2) is 31.9. The van der Waals surface area contributed by atoms with Crippen LogP contribution >= 0.6 is 0 Å². The number of amides is 3. The van der Waals surface area contributed by atoms with E-state index in [1.54, 1.807) is 0 Å². The number of unbranched alkanes of at least 4 members (excludes halogenated alkanes) is 6. The van der Waals surface area contributed by atoms with Crippen molar-refractivity contribution in [2.24, 2.45) is 5.41 Å². The van der Waals surface area contributed by atoms with Crippen molar-refractivity contribution >= 4 is 17.7 Å². The first-order valence-corrected chi connectivity index (χ1v) is 23.7. The van der Waals surface area contributed by atoms with Crippen LogP contribution in [0.15, 0.2) is 0 Å². The molecule has 15 atom stereocenters. The van der Waals surface area contributed by atoms with Gasteiger partial charge in [-0.25, -0.2) is 0 Å². The van der Waals surface area contributed by atoms with E-state index in [4.69, 9.17) is 42.6 Å². The van der Waals surface area contributed by atoms with E-state index in [2.05, 4.69) is 16.0 Å². The minimum absolute atomic E-state index is 0.228. The second-order valence-corrected chi connectivity index (χ2v) is 18.1. The summed E-state index contributed by atoms with van der Waals surface area (Å²) in [6, 6.07) is -3.04. The first-order chi connectivity index (χ1) is 32.5. The lowest BCUT2D eigenvalue weighted by atomic mass is 9.94. The van der Waals surface area contributed by atoms with E-state index in [0.29, 0.717) is 78.2 Å². The van der Waals surface area contributed by atoms with E-state index in [-0.39, 0.29) is 19.8 Å². The van der Waals surface area contributed by atoms with Gasteiger partial charge in [-0.2, -0.15) is 0 Å². The molecular weight excluding hydrogens is 906 g/mol. The summed E-state index contributed by atoms with van der Waals surface area (Å²) >= 11 is 0. The van der Waals surface area contributed by atoms with Crippen LogP contribution in [0, 0.1) is 5.41 Å². The van der Waals surface area contributed by atoms with Gasteiger partial charge < -0.3 is 105 Å². The first-order valence-electron chi connectivity index (χ1n) is 23.7. The summed E-state index contributed by atoms with van der Waals surface area (Å²) in [5.41, 5.74) is -0.515. The molecule has 8 unspecified atom stereocenters. The quantitative estimate of drug-likeness (QED) is 0.0283. The van der Waals surface area contributed by atoms with E-state index in [9.17, 15) is 60.3 Å². The predicted molar refractivity (Wildman–Crippen MR) is 236 cm³/mol. The van der Waals surface area contributed by atoms with E-state index in [0.717, 1.165) is 19.3 Å². The normalized spacial score (nSPS) is 32.9. The largest absolute Gasteiger partial charge is 0.394 e. The van der Waals surface area contributed by atoms with Crippen molar-refractivity contribution in [3.63, 3.8) is 0 Å². The lowest BCUT2D eigenvalue weighted by molar-refractivity contribution is -0.270. The summed E-state index contributed by atoms with van der Waals surface area (Å²) in [7, 11) is 0. The Balaban J connectivity index is 1.42. The van der Waals surface area contributed by atoms with Crippen LogP contribution in [0.1, 0.15) is 85.5 Å². The number of aliphatic hydroxyl groups excluding tert-OH is 9. The average Bonchev–Trinajstić information content (AvgIpc) is 3.29. The summed E-state index contributed by atoms with van der Waals surface area (Å²) in [5, 5.41) is 98.4. The molecule has 12 N–H and O–H groups in total. The SMILES string of the molecule is CC(=O)NC1C(O)[C@@H](O)C(CO)O[C@H]1OCCCCCOCC(C)(COCCCCCO[C@@H]1OC(CO)[C@H](O)C(O)C1NC(C)=O)COCCCCCO[C@@H]1OC(CO)[C@H](O)C(O)[C@@H]1NC(C)=O. The van der Waals surface area contributed by atoms with Crippen molar-refractivity contribution in [3.05, 3.63) is 0 Å². The molecule has 0 aromatic heterocycles. The predicted octanol–water partition coefficient (Wildman–Crippen LogP) is -3.57. The smallest absolute Gasteiger partial charge is 0.217 e. The minimum Gasteiger partial charge on any atom is -0.394 e. The number of hydrogen-bond donors (Lipinski definition) is 12. The van der Waals surface area contributed by atoms with Gasteiger partial charge in [0.15, 0.2) is 18.9 Å². The van der Waals surface area contributed by atoms with Crippen molar-refractivity contribution in [3.8, 4) is 0 Å². The molecule has 0 spiro atoms. The summed E-state index contributed by atoms with van der Waals surface area (Å²) in [5.74, 6) is -1.31. The molecule has 24 heteroatoms. The highest BCUT2D eigenvalue weighted by molar-refractivity contribution is 5.74. The topological polar surface area (TPSA) is 352 Å². The van der Waals surface area contributed by atoms with Gasteiger partial charge in [0, 0.05) is 65.8 Å². The van der Waals surface area contributed by atoms with E-state index in [1.165, 1.54) is 20.8 Å². The average molecular weight is 988 g/mol. The number of rotatable bonds is 33. The molecule has 3 fully saturated rings. The lowest BCUT2D eigenvalue weighted by Crippen LogP contribution is -2.64. The first kappa shape index (κ1) is 60.0. The third-order valence-electron chi connectivity index (χ3n) is 11.7. The van der Waals surface area contributed by atoms with Crippen molar-refractivity contribution < 1.29 is 103 Å². The van der Waals surface area contributed by atoms with Gasteiger partial charge in [-0.1, -0.05) is 6.92 Å². The van der Waals surface area contributed by atoms with Gasteiger partial charge in [-0.05, 0) is 57.8 Å². The third kappa shape index (κ3) is 20.1. The Morgan fingerprint density at radius 2 is 0.676 bits per heavy atom. The van der Waals surface area contributed by atoms with Crippen LogP contribution in [0.4, 0.5) is 0 Å². The summed E-state index contributed by atoms with van der Waals surface area (Å²) in [6.07, 6.45) is -8.70. The monoisotopic (exact) mass is 988 g/mol. The maximum atomic E-state index is 11.7. The van der Waals surface area contributed by atoms with Crippen molar-refractivity contribution in [1.82, 2.24) is 16.0 Å². The second-order valence-electron chi connectivity index (χ2n) is 18.1. The molecule has 0 saturated carbocycles. The standard InChI is InChI=1S/C44H81N3O21/c1-26(51)45-32-38(57)35(54)29(20-48)66-41(32)63-17-11-5-8-14-60-23-44(4,24-61-15-9-6-12-18-64-42-33(46-27(2)52)39(58)36(55)30(21-49)67-42)25-62-16-10-7-13-19-65-43-34(47-28(3)53)40(59)37(56)31(22-50)68-43/h29-43,48-50,54-59H,5-25H2,1-4H3,(H,45,51)(H,46,52)(H,47,53)/t29?,30?,31?,32-,33?,34?,35-,36-,37-,38?,39?,40?,41+,42+,43+,44?/m0/s1. The fourth-order valence-electron chi connectivity index (χ4n) is 7.97. The Kier molecular flexibility index (Phi) is 28.1. The zero-order valence-electron chi connectivity index (χ0n) is 39.9. The molecule has 398 valence electrons. The van der Waals surface area contributed by atoms with Crippen LogP contribution in [0.3, 0.4) is 0 Å². The molecule has 3 heterocycles. The summed E-state index contributed by atoms with van der Waals surface area (Å²) < 4.78 is 52.5. The van der Waals surface area contributed by atoms with Crippen LogP contribution in [0.25, 0.3) is 0 Å². The van der Waals surface area contributed by atoms with Crippen LogP contribution < -0.4 is 16.0 Å². The molecule has 0 aromatic carbocycles. The van der Waals surface area contributed by atoms with Crippen molar-refractivity contribution in [2.45, 2.75) is 177 Å². The molecule has 68 heavy (non-hydrogen) atoms. The number of hydrogen-bond acceptors (Lipinski definition) is 21. The van der Waals surface area contributed by atoms with E-state index < -0.39 is 135 Å². The Labute approximate surface area is 398 Å². The number of aliphatic hydroxyl groups is 9. The number of ether oxygens (including phenoxy) is 9. The number of nitrogens with one attached hydrogen (secondary N) is 3. The van der Waals surface area contributed by atoms with Crippen LogP contribution in [-0.4, -0.2) is 235 Å². The van der Waals surface area contributed by atoms with Crippen LogP contribution in [0.5, 0.6) is 0 Å². The fraction of sp³-hybridized carbons (Fsp3) is 0.932. The lowest BCUT2D eigenvalue weighted by Gasteiger charge is -2.42.